The number of carboxylic acid groups (broad SMARTS) is 1. The first-order valence-corrected chi connectivity index (χ1v) is 18.7. The molecule has 8 rings (SSSR count). The van der Waals surface area contributed by atoms with Gasteiger partial charge in [-0.1, -0.05) is 26.0 Å². The average molecular weight is 772 g/mol. The SMILES string of the molecule is CC1(C)C2=C3C=C4C5=[N+](CCC4OC3CCN2c2ccc(CC(=O)ON3C(=O)CCC3=O)cc21)c1ccc(S(=O)(=O)[O-])cc1C5(C)C.O=C(O)C(F)(F)F. The Labute approximate surface area is 308 Å². The topological polar surface area (TPSA) is 174 Å². The second kappa shape index (κ2) is 12.6. The Balaban J connectivity index is 0.000000588. The first-order valence-electron chi connectivity index (χ1n) is 17.3. The molecule has 2 unspecified atom stereocenters. The van der Waals surface area contributed by atoms with Gasteiger partial charge in [-0.15, -0.1) is 5.06 Å². The largest absolute Gasteiger partial charge is 0.744 e. The summed E-state index contributed by atoms with van der Waals surface area (Å²) in [5.41, 5.74) is 8.00. The molecule has 1 fully saturated rings. The molecule has 0 radical (unpaired) electrons. The van der Waals surface area contributed by atoms with Gasteiger partial charge in [-0.25, -0.2) is 18.0 Å². The normalized spacial score (nSPS) is 23.4. The summed E-state index contributed by atoms with van der Waals surface area (Å²) in [5.74, 6) is -4.44. The van der Waals surface area contributed by atoms with Gasteiger partial charge < -0.3 is 24.1 Å². The zero-order valence-corrected chi connectivity index (χ0v) is 30.5. The van der Waals surface area contributed by atoms with Crippen LogP contribution in [0.15, 0.2) is 64.2 Å². The molecule has 2 aromatic rings. The number of alkyl halides is 3. The number of rotatable bonds is 4. The van der Waals surface area contributed by atoms with E-state index < -0.39 is 50.9 Å². The summed E-state index contributed by atoms with van der Waals surface area (Å²) in [6.07, 6.45) is -1.37. The fraction of sp³-hybridized carbons (Fsp3) is 0.432. The molecule has 2 aromatic carbocycles. The lowest BCUT2D eigenvalue weighted by Gasteiger charge is -2.42. The van der Waals surface area contributed by atoms with Gasteiger partial charge in [-0.05, 0) is 55.7 Å². The Bertz CT molecular complexity index is 2240. The van der Waals surface area contributed by atoms with Gasteiger partial charge in [0, 0.05) is 65.4 Å². The van der Waals surface area contributed by atoms with E-state index in [2.05, 4.69) is 43.2 Å². The third-order valence-corrected chi connectivity index (χ3v) is 11.7. The second-order valence-electron chi connectivity index (χ2n) is 15.0. The Kier molecular flexibility index (Phi) is 8.73. The molecule has 6 aliphatic rings. The lowest BCUT2D eigenvalue weighted by Crippen LogP contribution is -2.47. The molecule has 0 aliphatic carbocycles. The van der Waals surface area contributed by atoms with Crippen molar-refractivity contribution in [3.05, 3.63) is 76.0 Å². The number of halogens is 3. The molecule has 6 aliphatic heterocycles. The van der Waals surface area contributed by atoms with Crippen LogP contribution < -0.4 is 4.90 Å². The maximum Gasteiger partial charge on any atom is 0.490 e. The molecule has 0 spiro atoms. The molecule has 13 nitrogen and oxygen atoms in total. The highest BCUT2D eigenvalue weighted by Gasteiger charge is 2.54. The number of carbonyl (C=O) groups is 4. The Morgan fingerprint density at radius 3 is 2.30 bits per heavy atom. The summed E-state index contributed by atoms with van der Waals surface area (Å²) in [6.45, 7) is 9.99. The van der Waals surface area contributed by atoms with Crippen LogP contribution in [0.3, 0.4) is 0 Å². The van der Waals surface area contributed by atoms with E-state index in [1.54, 1.807) is 6.07 Å². The van der Waals surface area contributed by atoms with Crippen LogP contribution in [0.2, 0.25) is 0 Å². The van der Waals surface area contributed by atoms with E-state index in [0.29, 0.717) is 5.06 Å². The van der Waals surface area contributed by atoms with Gasteiger partial charge in [0.05, 0.1) is 28.9 Å². The molecule has 0 aromatic heterocycles. The molecular formula is C37H36F3N3O10S. The lowest BCUT2D eigenvalue weighted by molar-refractivity contribution is -0.445. The van der Waals surface area contributed by atoms with Crippen LogP contribution >= 0.6 is 0 Å². The van der Waals surface area contributed by atoms with E-state index in [0.717, 1.165) is 76.6 Å². The van der Waals surface area contributed by atoms with Crippen molar-refractivity contribution in [3.63, 3.8) is 0 Å². The maximum atomic E-state index is 12.7. The van der Waals surface area contributed by atoms with Gasteiger partial charge in [-0.3, -0.25) is 9.59 Å². The summed E-state index contributed by atoms with van der Waals surface area (Å²) >= 11 is 0. The molecule has 1 N–H and O–H groups in total. The third-order valence-electron chi connectivity index (χ3n) is 10.9. The number of benzene rings is 2. The predicted octanol–water partition coefficient (Wildman–Crippen LogP) is 4.30. The number of carbonyl (C=O) groups excluding carboxylic acids is 3. The van der Waals surface area contributed by atoms with Gasteiger partial charge in [0.2, 0.25) is 5.69 Å². The number of amides is 2. The van der Waals surface area contributed by atoms with Gasteiger partial charge in [-0.2, -0.15) is 17.7 Å². The van der Waals surface area contributed by atoms with Crippen molar-refractivity contribution >= 4 is 51.0 Å². The smallest absolute Gasteiger partial charge is 0.490 e. The number of carboxylic acids is 1. The summed E-state index contributed by atoms with van der Waals surface area (Å²) in [5, 5.41) is 7.70. The highest BCUT2D eigenvalue weighted by Crippen LogP contribution is 2.54. The second-order valence-corrected chi connectivity index (χ2v) is 16.4. The zero-order chi connectivity index (χ0) is 39.3. The van der Waals surface area contributed by atoms with E-state index in [4.69, 9.17) is 19.5 Å². The van der Waals surface area contributed by atoms with Crippen LogP contribution in [-0.4, -0.2) is 88.7 Å². The van der Waals surface area contributed by atoms with Crippen molar-refractivity contribution in [1.29, 1.82) is 0 Å². The van der Waals surface area contributed by atoms with Crippen molar-refractivity contribution < 1.29 is 64.6 Å². The number of ether oxygens (including phenoxy) is 1. The molecule has 1 saturated heterocycles. The minimum atomic E-state index is -5.08. The molecule has 0 bridgehead atoms. The van der Waals surface area contributed by atoms with E-state index in [9.17, 15) is 40.5 Å². The maximum absolute atomic E-state index is 12.7. The van der Waals surface area contributed by atoms with Crippen LogP contribution in [0.25, 0.3) is 0 Å². The van der Waals surface area contributed by atoms with E-state index in [1.165, 1.54) is 12.1 Å². The van der Waals surface area contributed by atoms with Crippen molar-refractivity contribution in [2.24, 2.45) is 0 Å². The fourth-order valence-corrected chi connectivity index (χ4v) is 9.04. The van der Waals surface area contributed by atoms with Crippen molar-refractivity contribution in [2.45, 2.75) is 93.9 Å². The number of allylic oxidation sites excluding steroid dienone is 1. The monoisotopic (exact) mass is 771 g/mol. The van der Waals surface area contributed by atoms with Gasteiger partial charge in [0.25, 0.3) is 11.8 Å². The van der Waals surface area contributed by atoms with Gasteiger partial charge >= 0.3 is 18.1 Å². The molecule has 2 amide bonds. The number of hydroxylamine groups is 2. The number of hydrogen-bond donors (Lipinski definition) is 1. The molecule has 0 saturated carbocycles. The summed E-state index contributed by atoms with van der Waals surface area (Å²) in [6, 6.07) is 10.6. The Morgan fingerprint density at radius 2 is 1.67 bits per heavy atom. The number of fused-ring (bicyclic) bond motifs is 8. The van der Waals surface area contributed by atoms with Gasteiger partial charge in [0.1, 0.15) is 10.1 Å². The molecule has 17 heteroatoms. The summed E-state index contributed by atoms with van der Waals surface area (Å²) in [4.78, 5) is 52.7. The highest BCUT2D eigenvalue weighted by atomic mass is 32.2. The molecular weight excluding hydrogens is 735 g/mol. The van der Waals surface area contributed by atoms with Crippen LogP contribution in [0, 0.1) is 0 Å². The standard InChI is InChI=1S/C35H35N3O8S.C2HF3O2/c1-34(2)23-15-19(16-31(41)46-38-29(39)9-10-30(38)40)5-7-25(23)36-13-11-27-21(32(34)36)18-22-28(45-27)12-14-37-26-8-6-20(47(42,43)44)17-24(26)35(3,4)33(22)37;3-2(4,5)1(6)7/h5-8,15,17-18,27-28H,9-14,16H2,1-4H3;(H,6,7). The average Bonchev–Trinajstić information content (AvgIpc) is 3.62. The zero-order valence-electron chi connectivity index (χ0n) is 29.7. The number of nitrogens with zero attached hydrogens (tertiary/aromatic N) is 3. The van der Waals surface area contributed by atoms with Crippen LogP contribution in [0.1, 0.15) is 70.1 Å². The highest BCUT2D eigenvalue weighted by molar-refractivity contribution is 7.85. The van der Waals surface area contributed by atoms with Crippen molar-refractivity contribution in [3.8, 4) is 0 Å². The molecule has 286 valence electrons. The molecule has 54 heavy (non-hydrogen) atoms. The molecule has 6 heterocycles. The minimum absolute atomic E-state index is 0.0441. The van der Waals surface area contributed by atoms with E-state index in [-0.39, 0.29) is 36.4 Å². The van der Waals surface area contributed by atoms with E-state index in [1.807, 2.05) is 18.2 Å². The van der Waals surface area contributed by atoms with E-state index >= 15 is 0 Å². The van der Waals surface area contributed by atoms with Gasteiger partial charge in [0.15, 0.2) is 12.3 Å². The quantitative estimate of drug-likeness (QED) is 0.267. The number of hydrogen-bond acceptors (Lipinski definition) is 10. The van der Waals surface area contributed by atoms with Crippen LogP contribution in [0.5, 0.6) is 0 Å². The Morgan fingerprint density at radius 1 is 1.00 bits per heavy atom. The lowest BCUT2D eigenvalue weighted by atomic mass is 9.74. The predicted molar refractivity (Wildman–Crippen MR) is 182 cm³/mol. The van der Waals surface area contributed by atoms with Crippen molar-refractivity contribution in [2.75, 3.05) is 18.0 Å². The fourth-order valence-electron chi connectivity index (χ4n) is 8.54. The van der Waals surface area contributed by atoms with Crippen LogP contribution in [-0.2, 0) is 56.1 Å². The summed E-state index contributed by atoms with van der Waals surface area (Å²) in [7, 11) is -4.60. The number of anilines is 1. The number of imide groups is 1. The summed E-state index contributed by atoms with van der Waals surface area (Å²) < 4.78 is 76.6. The first kappa shape index (κ1) is 37.4. The van der Waals surface area contributed by atoms with Crippen LogP contribution in [0.4, 0.5) is 24.5 Å². The third kappa shape index (κ3) is 6.11. The molecule has 2 atom stereocenters. The first-order chi connectivity index (χ1) is 25.1. The minimum Gasteiger partial charge on any atom is -0.744 e. The number of aliphatic carboxylic acids is 1. The van der Waals surface area contributed by atoms with Crippen molar-refractivity contribution in [1.82, 2.24) is 5.06 Å². The Hall–Kier alpha value is -4.87.